The van der Waals surface area contributed by atoms with E-state index in [-0.39, 0.29) is 5.95 Å². The standard InChI is InChI=1S/C10H6F3N3O/c11-5-3-6(12)8(7(13)4-5)9(17)16-10-14-1-2-15-10/h1-4H,(H2,14,15,16,17). The number of rotatable bonds is 2. The minimum Gasteiger partial charge on any atom is -0.331 e. The molecule has 0 aliphatic heterocycles. The monoisotopic (exact) mass is 241 g/mol. The highest BCUT2D eigenvalue weighted by molar-refractivity contribution is 6.03. The van der Waals surface area contributed by atoms with E-state index < -0.39 is 28.9 Å². The first-order chi connectivity index (χ1) is 8.08. The van der Waals surface area contributed by atoms with Crippen LogP contribution in [0.15, 0.2) is 24.5 Å². The van der Waals surface area contributed by atoms with Crippen molar-refractivity contribution < 1.29 is 18.0 Å². The van der Waals surface area contributed by atoms with Crippen LogP contribution in [0, 0.1) is 17.5 Å². The summed E-state index contributed by atoms with van der Waals surface area (Å²) in [6.45, 7) is 0. The van der Waals surface area contributed by atoms with Crippen LogP contribution in [-0.4, -0.2) is 15.9 Å². The van der Waals surface area contributed by atoms with Crippen molar-refractivity contribution in [3.05, 3.63) is 47.5 Å². The predicted octanol–water partition coefficient (Wildman–Crippen LogP) is 2.08. The smallest absolute Gasteiger partial charge is 0.263 e. The maximum atomic E-state index is 13.2. The number of carbonyl (C=O) groups excluding carboxylic acids is 1. The van der Waals surface area contributed by atoms with Crippen molar-refractivity contribution in [2.24, 2.45) is 0 Å². The Hall–Kier alpha value is -2.31. The average molecular weight is 241 g/mol. The van der Waals surface area contributed by atoms with Gasteiger partial charge < -0.3 is 4.98 Å². The molecule has 2 rings (SSSR count). The fourth-order valence-corrected chi connectivity index (χ4v) is 1.26. The molecule has 4 nitrogen and oxygen atoms in total. The van der Waals surface area contributed by atoms with Crippen molar-refractivity contribution in [1.29, 1.82) is 0 Å². The third kappa shape index (κ3) is 2.27. The van der Waals surface area contributed by atoms with Gasteiger partial charge in [0.2, 0.25) is 5.95 Å². The Bertz CT molecular complexity index is 531. The van der Waals surface area contributed by atoms with E-state index in [0.717, 1.165) is 0 Å². The van der Waals surface area contributed by atoms with E-state index in [2.05, 4.69) is 15.3 Å². The van der Waals surface area contributed by atoms with Gasteiger partial charge in [0.15, 0.2) is 0 Å². The number of imidazole rings is 1. The number of H-pyrrole nitrogens is 1. The SMILES string of the molecule is O=C(Nc1ncc[nH]1)c1c(F)cc(F)cc1F. The van der Waals surface area contributed by atoms with Crippen molar-refractivity contribution in [1.82, 2.24) is 9.97 Å². The normalized spacial score (nSPS) is 10.3. The maximum Gasteiger partial charge on any atom is 0.263 e. The van der Waals surface area contributed by atoms with Crippen LogP contribution in [0.1, 0.15) is 10.4 Å². The second-order valence-electron chi connectivity index (χ2n) is 3.14. The number of nitrogens with one attached hydrogen (secondary N) is 2. The fraction of sp³-hybridized carbons (Fsp3) is 0. The average Bonchev–Trinajstić information content (AvgIpc) is 2.68. The van der Waals surface area contributed by atoms with Crippen LogP contribution in [0.4, 0.5) is 19.1 Å². The second kappa shape index (κ2) is 4.28. The molecule has 0 radical (unpaired) electrons. The molecule has 7 heteroatoms. The number of hydrogen-bond donors (Lipinski definition) is 2. The number of aromatic nitrogens is 2. The first-order valence-electron chi connectivity index (χ1n) is 4.53. The van der Waals surface area contributed by atoms with Crippen molar-refractivity contribution in [3.63, 3.8) is 0 Å². The molecule has 0 saturated carbocycles. The summed E-state index contributed by atoms with van der Waals surface area (Å²) in [5.74, 6) is -4.64. The van der Waals surface area contributed by atoms with Crippen LogP contribution < -0.4 is 5.32 Å². The summed E-state index contributed by atoms with van der Waals surface area (Å²) in [7, 11) is 0. The van der Waals surface area contributed by atoms with Gasteiger partial charge in [0.05, 0.1) is 0 Å². The van der Waals surface area contributed by atoms with Crippen LogP contribution in [0.25, 0.3) is 0 Å². The Balaban J connectivity index is 2.31. The Morgan fingerprint density at radius 2 is 1.88 bits per heavy atom. The number of carbonyl (C=O) groups is 1. The highest BCUT2D eigenvalue weighted by atomic mass is 19.1. The van der Waals surface area contributed by atoms with E-state index in [1.807, 2.05) is 0 Å². The molecule has 0 spiro atoms. The molecule has 0 bridgehead atoms. The molecule has 2 aromatic rings. The third-order valence-electron chi connectivity index (χ3n) is 1.96. The molecule has 0 fully saturated rings. The Morgan fingerprint density at radius 1 is 1.24 bits per heavy atom. The van der Waals surface area contributed by atoms with Gasteiger partial charge in [-0.15, -0.1) is 0 Å². The molecular formula is C10H6F3N3O. The summed E-state index contributed by atoms with van der Waals surface area (Å²) in [5.41, 5.74) is -0.859. The summed E-state index contributed by atoms with van der Waals surface area (Å²) in [6, 6.07) is 0.861. The number of amides is 1. The first kappa shape index (κ1) is 11.2. The molecule has 1 amide bonds. The van der Waals surface area contributed by atoms with Gasteiger partial charge in [-0.25, -0.2) is 18.2 Å². The van der Waals surface area contributed by atoms with E-state index >= 15 is 0 Å². The number of benzene rings is 1. The summed E-state index contributed by atoms with van der Waals surface area (Å²) in [4.78, 5) is 17.7. The lowest BCUT2D eigenvalue weighted by Crippen LogP contribution is -2.17. The minimum atomic E-state index is -1.27. The van der Waals surface area contributed by atoms with E-state index in [0.29, 0.717) is 12.1 Å². The van der Waals surface area contributed by atoms with Crippen LogP contribution in [0.2, 0.25) is 0 Å². The number of halogens is 3. The van der Waals surface area contributed by atoms with Crippen molar-refractivity contribution in [3.8, 4) is 0 Å². The molecule has 1 aromatic heterocycles. The summed E-state index contributed by atoms with van der Waals surface area (Å²) in [6.07, 6.45) is 2.78. The molecule has 88 valence electrons. The molecule has 0 atom stereocenters. The van der Waals surface area contributed by atoms with Gasteiger partial charge in [0.25, 0.3) is 5.91 Å². The Morgan fingerprint density at radius 3 is 2.41 bits per heavy atom. The summed E-state index contributed by atoms with van der Waals surface area (Å²) >= 11 is 0. The molecule has 0 aliphatic carbocycles. The molecule has 0 saturated heterocycles. The van der Waals surface area contributed by atoms with Gasteiger partial charge in [0.1, 0.15) is 23.0 Å². The van der Waals surface area contributed by atoms with Gasteiger partial charge in [-0.05, 0) is 0 Å². The number of hydrogen-bond acceptors (Lipinski definition) is 2. The zero-order chi connectivity index (χ0) is 12.4. The lowest BCUT2D eigenvalue weighted by atomic mass is 10.2. The van der Waals surface area contributed by atoms with Crippen molar-refractivity contribution in [2.45, 2.75) is 0 Å². The Labute approximate surface area is 93.5 Å². The lowest BCUT2D eigenvalue weighted by Gasteiger charge is -2.04. The van der Waals surface area contributed by atoms with Crippen LogP contribution >= 0.6 is 0 Å². The molecule has 0 unspecified atom stereocenters. The lowest BCUT2D eigenvalue weighted by molar-refractivity contribution is 0.101. The highest BCUT2D eigenvalue weighted by Crippen LogP contribution is 2.15. The van der Waals surface area contributed by atoms with Crippen molar-refractivity contribution >= 4 is 11.9 Å². The largest absolute Gasteiger partial charge is 0.331 e. The zero-order valence-corrected chi connectivity index (χ0v) is 8.30. The molecule has 1 aromatic carbocycles. The van der Waals surface area contributed by atoms with E-state index in [4.69, 9.17) is 0 Å². The topological polar surface area (TPSA) is 57.8 Å². The zero-order valence-electron chi connectivity index (χ0n) is 8.30. The Kier molecular flexibility index (Phi) is 2.82. The highest BCUT2D eigenvalue weighted by Gasteiger charge is 2.19. The van der Waals surface area contributed by atoms with Gasteiger partial charge in [-0.3, -0.25) is 10.1 Å². The van der Waals surface area contributed by atoms with E-state index in [1.54, 1.807) is 0 Å². The van der Waals surface area contributed by atoms with Gasteiger partial charge in [0, 0.05) is 24.5 Å². The second-order valence-corrected chi connectivity index (χ2v) is 3.14. The van der Waals surface area contributed by atoms with Crippen molar-refractivity contribution in [2.75, 3.05) is 5.32 Å². The first-order valence-corrected chi connectivity index (χ1v) is 4.53. The summed E-state index contributed by atoms with van der Waals surface area (Å²) < 4.78 is 39.1. The van der Waals surface area contributed by atoms with Crippen LogP contribution in [0.3, 0.4) is 0 Å². The number of aromatic amines is 1. The van der Waals surface area contributed by atoms with Gasteiger partial charge in [-0.2, -0.15) is 0 Å². The quantitative estimate of drug-likeness (QED) is 0.845. The molecular weight excluding hydrogens is 235 g/mol. The van der Waals surface area contributed by atoms with E-state index in [1.165, 1.54) is 12.4 Å². The predicted molar refractivity (Wildman–Crippen MR) is 52.9 cm³/mol. The molecule has 0 aliphatic rings. The number of nitrogens with zero attached hydrogens (tertiary/aromatic N) is 1. The molecule has 17 heavy (non-hydrogen) atoms. The number of anilines is 1. The molecule has 2 N–H and O–H groups in total. The minimum absolute atomic E-state index is 0.0399. The van der Waals surface area contributed by atoms with Gasteiger partial charge in [-0.1, -0.05) is 0 Å². The van der Waals surface area contributed by atoms with E-state index in [9.17, 15) is 18.0 Å². The molecule has 1 heterocycles. The van der Waals surface area contributed by atoms with Crippen LogP contribution in [0.5, 0.6) is 0 Å². The maximum absolute atomic E-state index is 13.2. The summed E-state index contributed by atoms with van der Waals surface area (Å²) in [5, 5.41) is 2.13. The third-order valence-corrected chi connectivity index (χ3v) is 1.96. The van der Waals surface area contributed by atoms with Gasteiger partial charge >= 0.3 is 0 Å². The fourth-order valence-electron chi connectivity index (χ4n) is 1.26. The van der Waals surface area contributed by atoms with Crippen LogP contribution in [-0.2, 0) is 0 Å².